The van der Waals surface area contributed by atoms with Gasteiger partial charge in [-0.15, -0.1) is 6.07 Å². The molecule has 0 aliphatic rings. The Morgan fingerprint density at radius 1 is 1.20 bits per heavy atom. The molecule has 0 atom stereocenters. The van der Waals surface area contributed by atoms with E-state index in [2.05, 4.69) is 0 Å². The maximum Gasteiger partial charge on any atom is 0.405 e. The molecule has 0 spiro atoms. The second kappa shape index (κ2) is 4.40. The van der Waals surface area contributed by atoms with E-state index in [-0.39, 0.29) is 5.92 Å². The van der Waals surface area contributed by atoms with Gasteiger partial charge in [0.05, 0.1) is 0 Å². The van der Waals surface area contributed by atoms with Crippen LogP contribution in [-0.2, 0) is 6.18 Å². The molecular formula is C11H12CmF3-. The maximum atomic E-state index is 12.3. The Morgan fingerprint density at radius 2 is 1.80 bits per heavy atom. The van der Waals surface area contributed by atoms with Gasteiger partial charge in [0.2, 0.25) is 0 Å². The van der Waals surface area contributed by atoms with Crippen molar-refractivity contribution in [3.05, 3.63) is 41.8 Å². The van der Waals surface area contributed by atoms with E-state index in [1.165, 1.54) is 12.1 Å². The first kappa shape index (κ1) is 12.9. The molecule has 0 aromatic heterocycles. The fourth-order valence-corrected chi connectivity index (χ4v) is 1.20. The zero-order valence-corrected chi connectivity index (χ0v) is 11.4. The molecule has 0 aliphatic heterocycles. The fourth-order valence-electron chi connectivity index (χ4n) is 1.20. The Hall–Kier alpha value is -2.12. The van der Waals surface area contributed by atoms with Gasteiger partial charge in [-0.3, -0.25) is 0 Å². The van der Waals surface area contributed by atoms with Crippen molar-refractivity contribution in [2.24, 2.45) is 5.92 Å². The summed E-state index contributed by atoms with van der Waals surface area (Å²) in [5, 5.41) is 0. The van der Waals surface area contributed by atoms with E-state index in [0.717, 1.165) is 6.07 Å². The SMILES string of the molecule is CC(C)[CH-]c1cccc(C(F)(F)F)c1.[Cm]. The van der Waals surface area contributed by atoms with Gasteiger partial charge in [0.15, 0.2) is 0 Å². The molecule has 0 heterocycles. The van der Waals surface area contributed by atoms with Gasteiger partial charge in [0, 0.05) is 0 Å². The number of hydrogen-bond donors (Lipinski definition) is 0. The van der Waals surface area contributed by atoms with Crippen LogP contribution < -0.4 is 0 Å². The smallest absolute Gasteiger partial charge is 0.191 e. The molecule has 0 amide bonds. The molecule has 86 valence electrons. The molecule has 15 heavy (non-hydrogen) atoms. The summed E-state index contributed by atoms with van der Waals surface area (Å²) in [5.74, 6) is 0.249. The Morgan fingerprint density at radius 3 is 2.27 bits per heavy atom. The van der Waals surface area contributed by atoms with Crippen molar-refractivity contribution in [3.63, 3.8) is 0 Å². The molecule has 4 heteroatoms. The summed E-state index contributed by atoms with van der Waals surface area (Å²) in [6.45, 7) is 3.86. The molecule has 0 saturated carbocycles. The first-order chi connectivity index (χ1) is 6.39. The maximum absolute atomic E-state index is 12.3. The van der Waals surface area contributed by atoms with Gasteiger partial charge in [-0.2, -0.15) is 37.3 Å². The first-order valence-corrected chi connectivity index (χ1v) is 4.42. The molecule has 0 N–H and O–H groups in total. The van der Waals surface area contributed by atoms with Crippen molar-refractivity contribution in [2.75, 3.05) is 0 Å². The fraction of sp³-hybridized carbons (Fsp3) is 0.364. The predicted molar refractivity (Wildman–Crippen MR) is 49.7 cm³/mol. The number of benzene rings is 1. The third kappa shape index (κ3) is 3.63. The van der Waals surface area contributed by atoms with Crippen LogP contribution in [0.3, 0.4) is 0 Å². The molecule has 1 aromatic rings. The van der Waals surface area contributed by atoms with Crippen LogP contribution in [0.5, 0.6) is 0 Å². The van der Waals surface area contributed by atoms with Crippen LogP contribution in [-0.4, -0.2) is 0 Å². The van der Waals surface area contributed by atoms with Crippen molar-refractivity contribution in [2.45, 2.75) is 20.0 Å². The summed E-state index contributed by atoms with van der Waals surface area (Å²) < 4.78 is 36.9. The summed E-state index contributed by atoms with van der Waals surface area (Å²) in [5.41, 5.74) is 0.0294. The number of halogens is 3. The molecule has 0 saturated heterocycles. The third-order valence-electron chi connectivity index (χ3n) is 1.74. The van der Waals surface area contributed by atoms with Crippen LogP contribution in [0.2, 0.25) is 0 Å². The van der Waals surface area contributed by atoms with Gasteiger partial charge in [0.25, 0.3) is 0 Å². The van der Waals surface area contributed by atoms with Crippen LogP contribution in [0.25, 0.3) is 0 Å². The normalized spacial score (nSPS) is 11.1. The minimum Gasteiger partial charge on any atom is -0.191 e. The summed E-state index contributed by atoms with van der Waals surface area (Å²) in [6.07, 6.45) is -2.45. The number of alkyl halides is 3. The Kier molecular flexibility index (Phi) is 3.78. The molecule has 0 bridgehead atoms. The predicted octanol–water partition coefficient (Wildman–Crippen LogP) is 3.91. The largest absolute Gasteiger partial charge is 0.405 e. The van der Waals surface area contributed by atoms with Crippen LogP contribution in [0.4, 0.5) is 13.2 Å². The van der Waals surface area contributed by atoms with Gasteiger partial charge in [-0.1, -0.05) is 25.8 Å². The number of rotatable bonds is 2. The van der Waals surface area contributed by atoms with Gasteiger partial charge >= 0.3 is 6.18 Å². The second-order valence-corrected chi connectivity index (χ2v) is 3.53. The van der Waals surface area contributed by atoms with Gasteiger partial charge in [-0.25, -0.2) is 0 Å². The van der Waals surface area contributed by atoms with Crippen molar-refractivity contribution < 1.29 is 13.2 Å². The molecule has 1 aromatic carbocycles. The Balaban J connectivity index is 0.00000196. The van der Waals surface area contributed by atoms with Crippen molar-refractivity contribution in [3.8, 4) is 0 Å². The van der Waals surface area contributed by atoms with E-state index < -0.39 is 11.7 Å². The van der Waals surface area contributed by atoms with Crippen molar-refractivity contribution >= 4 is 0 Å². The van der Waals surface area contributed by atoms with E-state index in [9.17, 15) is 13.2 Å². The van der Waals surface area contributed by atoms with Gasteiger partial charge in [0.1, 0.15) is 0 Å². The van der Waals surface area contributed by atoms with Crippen molar-refractivity contribution in [1.29, 1.82) is 0 Å². The van der Waals surface area contributed by atoms with E-state index in [4.69, 9.17) is 0 Å². The van der Waals surface area contributed by atoms with E-state index >= 15 is 0 Å². The standard InChI is InChI=1S/C11H12F3.Cm/c1-8(2)6-9-4-3-5-10(7-9)11(12,13)14;/h3-8H,1-2H3;/q-1;. The number of hydrogen-bond acceptors (Lipinski definition) is 0. The summed E-state index contributed by atoms with van der Waals surface area (Å²) >= 11 is 0. The summed E-state index contributed by atoms with van der Waals surface area (Å²) in [4.78, 5) is 0. The summed E-state index contributed by atoms with van der Waals surface area (Å²) in [7, 11) is 0. The van der Waals surface area contributed by atoms with Crippen LogP contribution in [0.15, 0.2) is 24.3 Å². The zero-order chi connectivity index (χ0) is 10.8. The minimum atomic E-state index is -4.25. The molecule has 0 nitrogen and oxygen atoms in total. The first-order valence-electron chi connectivity index (χ1n) is 4.42. The molecule has 1 rings (SSSR count). The van der Waals surface area contributed by atoms with Gasteiger partial charge in [-0.05, 0) is 5.56 Å². The molecular weight excluding hydrogens is 436 g/mol. The van der Waals surface area contributed by atoms with E-state index in [0.29, 0.717) is 5.56 Å². The summed E-state index contributed by atoms with van der Waals surface area (Å²) in [6, 6.07) is 5.35. The average Bonchev–Trinajstić information content (AvgIpc) is 2.01. The molecule has 0 unspecified atom stereocenters. The van der Waals surface area contributed by atoms with Crippen LogP contribution in [0.1, 0.15) is 25.0 Å². The quantitative estimate of drug-likeness (QED) is 0.603. The van der Waals surface area contributed by atoms with Gasteiger partial charge < -0.3 is 0 Å². The Bertz CT molecular complexity index is 305. The molecule has 0 aliphatic carbocycles. The zero-order valence-electron chi connectivity index (χ0n) is 8.45. The average molecular weight is 448 g/mol. The molecule has 0 fully saturated rings. The second-order valence-electron chi connectivity index (χ2n) is 3.53. The Labute approximate surface area is 81.8 Å². The minimum absolute atomic E-state index is 0. The van der Waals surface area contributed by atoms with Crippen molar-refractivity contribution in [1.82, 2.24) is 0 Å². The van der Waals surface area contributed by atoms with E-state index in [1.807, 2.05) is 13.8 Å². The monoisotopic (exact) mass is 444 g/mol. The van der Waals surface area contributed by atoms with E-state index in [1.54, 1.807) is 12.5 Å². The van der Waals surface area contributed by atoms with Crippen LogP contribution >= 0.6 is 0 Å². The molecule has 0 radical (unpaired) electrons. The van der Waals surface area contributed by atoms with Crippen LogP contribution in [0, 0.1) is 12.3 Å². The topological polar surface area (TPSA) is 0 Å². The third-order valence-corrected chi connectivity index (χ3v) is 1.74.